The average Bonchev–Trinajstić information content (AvgIpc) is 3.16. The summed E-state index contributed by atoms with van der Waals surface area (Å²) in [5.41, 5.74) is 0. The van der Waals surface area contributed by atoms with Crippen LogP contribution in [0.4, 0.5) is 0 Å². The number of quaternary nitrogens is 1. The smallest absolute Gasteiger partial charge is 0.268 e. The lowest BCUT2D eigenvalue weighted by molar-refractivity contribution is -0.870. The zero-order chi connectivity index (χ0) is 42.1. The van der Waals surface area contributed by atoms with Crippen molar-refractivity contribution in [2.45, 2.75) is 264 Å². The number of nitrogens with one attached hydrogen (secondary N) is 1. The molecule has 0 heterocycles. The molecule has 0 aromatic heterocycles. The molecule has 0 radical (unpaired) electrons. The predicted molar refractivity (Wildman–Crippen MR) is 243 cm³/mol. The third kappa shape index (κ3) is 43.4. The number of carbonyl (C=O) groups excluding carboxylic acids is 1. The average molecular weight is 831 g/mol. The lowest BCUT2D eigenvalue weighted by atomic mass is 10.0. The molecule has 3 atom stereocenters. The Hall–Kier alpha value is -0.500. The molecule has 0 rings (SSSR count). The van der Waals surface area contributed by atoms with Gasteiger partial charge in [-0.2, -0.15) is 0 Å². The Morgan fingerprint density at radius 1 is 0.544 bits per heavy atom. The second kappa shape index (κ2) is 40.9. The van der Waals surface area contributed by atoms with Crippen molar-refractivity contribution in [1.29, 1.82) is 0 Å². The number of hydrogen-bond acceptors (Lipinski definition) is 6. The molecule has 342 valence electrons. The molecular weight excluding hydrogens is 732 g/mol. The van der Waals surface area contributed by atoms with Crippen LogP contribution in [0.5, 0.6) is 0 Å². The van der Waals surface area contributed by atoms with Gasteiger partial charge < -0.3 is 28.8 Å². The quantitative estimate of drug-likeness (QED) is 0.0359. The fraction of sp³-hybridized carbons (Fsp3) is 0.979. The lowest BCUT2D eigenvalue weighted by Gasteiger charge is -2.30. The van der Waals surface area contributed by atoms with Crippen molar-refractivity contribution < 1.29 is 32.9 Å². The minimum atomic E-state index is -4.55. The number of amides is 1. The third-order valence-corrected chi connectivity index (χ3v) is 12.6. The van der Waals surface area contributed by atoms with E-state index in [2.05, 4.69) is 19.2 Å². The van der Waals surface area contributed by atoms with Crippen molar-refractivity contribution in [2.75, 3.05) is 40.9 Å². The van der Waals surface area contributed by atoms with Gasteiger partial charge in [-0.25, -0.2) is 0 Å². The zero-order valence-corrected chi connectivity index (χ0v) is 39.7. The van der Waals surface area contributed by atoms with Crippen LogP contribution in [0.1, 0.15) is 251 Å². The van der Waals surface area contributed by atoms with Crippen LogP contribution in [0, 0.1) is 0 Å². The highest BCUT2D eigenvalue weighted by Gasteiger charge is 2.24. The molecule has 57 heavy (non-hydrogen) atoms. The number of aliphatic hydroxyl groups is 1. The van der Waals surface area contributed by atoms with Crippen molar-refractivity contribution in [3.8, 4) is 0 Å². The first-order chi connectivity index (χ1) is 27.5. The number of hydrogen-bond donors (Lipinski definition) is 2. The maximum atomic E-state index is 12.8. The number of likely N-dealkylation sites (N-methyl/N-ethyl adjacent to an activating group) is 1. The van der Waals surface area contributed by atoms with Gasteiger partial charge in [0.25, 0.3) is 7.82 Å². The molecule has 0 aromatic carbocycles. The minimum absolute atomic E-state index is 0.0159. The zero-order valence-electron chi connectivity index (χ0n) is 38.8. The van der Waals surface area contributed by atoms with Crippen molar-refractivity contribution in [3.05, 3.63) is 0 Å². The molecule has 0 aliphatic carbocycles. The molecule has 0 fully saturated rings. The van der Waals surface area contributed by atoms with Gasteiger partial charge in [0.2, 0.25) is 5.91 Å². The van der Waals surface area contributed by atoms with Crippen molar-refractivity contribution >= 4 is 13.7 Å². The van der Waals surface area contributed by atoms with Gasteiger partial charge in [0, 0.05) is 6.42 Å². The Morgan fingerprint density at radius 3 is 1.19 bits per heavy atom. The molecule has 3 unspecified atom stereocenters. The SMILES string of the molecule is CCCCCCCCCCCCCCCCCCCCCCCCCCCCC(O)C(COP(=O)([O-])OCC[N+](C)(C)C)NC(=O)CCCCCCCCCCC. The van der Waals surface area contributed by atoms with Crippen LogP contribution in [0.3, 0.4) is 0 Å². The Labute approximate surface area is 355 Å². The molecule has 0 saturated heterocycles. The standard InChI is InChI=1S/C48H99N2O6P/c1-6-8-10-12-14-16-17-18-19-20-21-22-23-24-25-26-27-28-29-30-31-32-34-35-37-39-41-47(51)46(45-56-57(53,54)55-44-43-50(3,4)5)49-48(52)42-40-38-36-33-15-13-11-9-7-2/h46-47,51H,6-45H2,1-5H3,(H-,49,52,53,54). The summed E-state index contributed by atoms with van der Waals surface area (Å²) in [7, 11) is 1.32. The second-order valence-electron chi connectivity index (χ2n) is 18.5. The van der Waals surface area contributed by atoms with E-state index >= 15 is 0 Å². The monoisotopic (exact) mass is 831 g/mol. The van der Waals surface area contributed by atoms with E-state index in [0.29, 0.717) is 23.9 Å². The van der Waals surface area contributed by atoms with E-state index in [1.807, 2.05) is 21.1 Å². The van der Waals surface area contributed by atoms with Gasteiger partial charge in [0.15, 0.2) is 0 Å². The highest BCUT2D eigenvalue weighted by atomic mass is 31.2. The number of rotatable bonds is 46. The summed E-state index contributed by atoms with van der Waals surface area (Å²) in [6.07, 6.45) is 45.6. The van der Waals surface area contributed by atoms with Crippen LogP contribution >= 0.6 is 7.82 Å². The molecule has 0 aromatic rings. The topological polar surface area (TPSA) is 108 Å². The molecule has 9 heteroatoms. The van der Waals surface area contributed by atoms with Crippen molar-refractivity contribution in [1.82, 2.24) is 5.32 Å². The number of nitrogens with zero attached hydrogens (tertiary/aromatic N) is 1. The molecule has 0 bridgehead atoms. The van der Waals surface area contributed by atoms with Gasteiger partial charge in [-0.1, -0.05) is 232 Å². The summed E-state index contributed by atoms with van der Waals surface area (Å²) in [6.45, 7) is 4.72. The van der Waals surface area contributed by atoms with E-state index in [1.54, 1.807) is 0 Å². The van der Waals surface area contributed by atoms with E-state index < -0.39 is 20.0 Å². The first-order valence-corrected chi connectivity index (χ1v) is 26.3. The summed E-state index contributed by atoms with van der Waals surface area (Å²) in [5.74, 6) is -0.165. The number of carbonyl (C=O) groups is 1. The van der Waals surface area contributed by atoms with Gasteiger partial charge in [-0.3, -0.25) is 9.36 Å². The Kier molecular flexibility index (Phi) is 40.5. The van der Waals surface area contributed by atoms with Crippen LogP contribution in [0.25, 0.3) is 0 Å². The normalized spacial score (nSPS) is 14.2. The van der Waals surface area contributed by atoms with E-state index in [4.69, 9.17) is 9.05 Å². The predicted octanol–water partition coefficient (Wildman–Crippen LogP) is 13.5. The molecule has 2 N–H and O–H groups in total. The first kappa shape index (κ1) is 56.5. The number of phosphoric ester groups is 1. The summed E-state index contributed by atoms with van der Waals surface area (Å²) in [4.78, 5) is 25.3. The summed E-state index contributed by atoms with van der Waals surface area (Å²) in [6, 6.07) is -0.792. The van der Waals surface area contributed by atoms with Crippen molar-refractivity contribution in [2.24, 2.45) is 0 Å². The largest absolute Gasteiger partial charge is 0.756 e. The van der Waals surface area contributed by atoms with Crippen LogP contribution in [0.15, 0.2) is 0 Å². The van der Waals surface area contributed by atoms with Gasteiger partial charge >= 0.3 is 0 Å². The number of phosphoric acid groups is 1. The highest BCUT2D eigenvalue weighted by molar-refractivity contribution is 7.45. The summed E-state index contributed by atoms with van der Waals surface area (Å²) in [5, 5.41) is 13.9. The van der Waals surface area contributed by atoms with E-state index in [9.17, 15) is 19.4 Å². The molecule has 0 aliphatic rings. The van der Waals surface area contributed by atoms with E-state index in [1.165, 1.54) is 186 Å². The first-order valence-electron chi connectivity index (χ1n) is 24.9. The second-order valence-corrected chi connectivity index (χ2v) is 19.9. The van der Waals surface area contributed by atoms with Gasteiger partial charge in [0.1, 0.15) is 13.2 Å². The van der Waals surface area contributed by atoms with Crippen LogP contribution in [0.2, 0.25) is 0 Å². The third-order valence-electron chi connectivity index (χ3n) is 11.6. The van der Waals surface area contributed by atoms with Gasteiger partial charge in [-0.05, 0) is 12.8 Å². The van der Waals surface area contributed by atoms with Crippen molar-refractivity contribution in [3.63, 3.8) is 0 Å². The van der Waals surface area contributed by atoms with E-state index in [-0.39, 0.29) is 19.1 Å². The molecule has 0 saturated carbocycles. The molecule has 1 amide bonds. The fourth-order valence-corrected chi connectivity index (χ4v) is 8.35. The number of unbranched alkanes of at least 4 members (excludes halogenated alkanes) is 33. The van der Waals surface area contributed by atoms with Crippen LogP contribution in [-0.2, 0) is 18.4 Å². The lowest BCUT2D eigenvalue weighted by Crippen LogP contribution is -2.46. The van der Waals surface area contributed by atoms with Gasteiger partial charge in [-0.15, -0.1) is 0 Å². The summed E-state index contributed by atoms with van der Waals surface area (Å²) < 4.78 is 23.3. The number of aliphatic hydroxyl groups excluding tert-OH is 1. The maximum absolute atomic E-state index is 12.8. The Morgan fingerprint density at radius 2 is 0.860 bits per heavy atom. The van der Waals surface area contributed by atoms with Crippen LogP contribution < -0.4 is 10.2 Å². The Balaban J connectivity index is 4.05. The molecular formula is C48H99N2O6P. The summed E-state index contributed by atoms with van der Waals surface area (Å²) >= 11 is 0. The molecule has 8 nitrogen and oxygen atoms in total. The molecule has 0 aliphatic heterocycles. The minimum Gasteiger partial charge on any atom is -0.756 e. The maximum Gasteiger partial charge on any atom is 0.268 e. The Bertz CT molecular complexity index is 901. The molecule has 0 spiro atoms. The van der Waals surface area contributed by atoms with E-state index in [0.717, 1.165) is 38.5 Å². The fourth-order valence-electron chi connectivity index (χ4n) is 7.63. The highest BCUT2D eigenvalue weighted by Crippen LogP contribution is 2.38. The van der Waals surface area contributed by atoms with Crippen LogP contribution in [-0.4, -0.2) is 68.5 Å². The van der Waals surface area contributed by atoms with Gasteiger partial charge in [0.05, 0.1) is 39.9 Å².